The largest absolute Gasteiger partial charge is 0.464 e. The van der Waals surface area contributed by atoms with E-state index in [0.29, 0.717) is 6.42 Å². The van der Waals surface area contributed by atoms with Crippen molar-refractivity contribution in [2.45, 2.75) is 26.7 Å². The summed E-state index contributed by atoms with van der Waals surface area (Å²) in [5.74, 6) is 9.56. The lowest BCUT2D eigenvalue weighted by atomic mass is 9.83. The first kappa shape index (κ1) is 16.2. The fourth-order valence-electron chi connectivity index (χ4n) is 3.16. The maximum atomic E-state index is 12.3. The van der Waals surface area contributed by atoms with Crippen LogP contribution in [0.1, 0.15) is 26.7 Å². The van der Waals surface area contributed by atoms with Gasteiger partial charge in [0, 0.05) is 6.42 Å². The molecule has 0 aliphatic heterocycles. The van der Waals surface area contributed by atoms with Gasteiger partial charge >= 0.3 is 11.9 Å². The number of fused-ring (bicyclic) bond motifs is 2. The van der Waals surface area contributed by atoms with Crippen molar-refractivity contribution in [3.8, 4) is 23.7 Å². The van der Waals surface area contributed by atoms with Gasteiger partial charge in [-0.05, 0) is 32.1 Å². The molecule has 0 spiro atoms. The Morgan fingerprint density at radius 3 is 2.18 bits per heavy atom. The highest BCUT2D eigenvalue weighted by atomic mass is 16.5. The minimum Gasteiger partial charge on any atom is -0.464 e. The quantitative estimate of drug-likeness (QED) is 0.337. The Kier molecular flexibility index (Phi) is 5.67. The number of allylic oxidation sites excluding steroid dienone is 2. The third-order valence-corrected chi connectivity index (χ3v) is 4.12. The number of hydrogen-bond acceptors (Lipinski definition) is 4. The van der Waals surface area contributed by atoms with Gasteiger partial charge < -0.3 is 9.47 Å². The van der Waals surface area contributed by atoms with Crippen molar-refractivity contribution in [1.29, 1.82) is 0 Å². The van der Waals surface area contributed by atoms with Crippen LogP contribution in [-0.2, 0) is 19.1 Å². The Morgan fingerprint density at radius 2 is 1.59 bits per heavy atom. The molecule has 0 N–H and O–H groups in total. The molecule has 0 heterocycles. The summed E-state index contributed by atoms with van der Waals surface area (Å²) in [7, 11) is 0. The smallest absolute Gasteiger partial charge is 0.311 e. The fourth-order valence-corrected chi connectivity index (χ4v) is 3.16. The van der Waals surface area contributed by atoms with Crippen molar-refractivity contribution in [2.24, 2.45) is 23.7 Å². The van der Waals surface area contributed by atoms with E-state index in [1.807, 2.05) is 12.2 Å². The van der Waals surface area contributed by atoms with Crippen molar-refractivity contribution in [2.75, 3.05) is 13.2 Å². The lowest BCUT2D eigenvalue weighted by Gasteiger charge is -2.24. The first-order chi connectivity index (χ1) is 10.7. The highest BCUT2D eigenvalue weighted by Crippen LogP contribution is 2.48. The number of carbonyl (C=O) groups is 2. The summed E-state index contributed by atoms with van der Waals surface area (Å²) in [4.78, 5) is 24.6. The van der Waals surface area contributed by atoms with E-state index in [2.05, 4.69) is 23.7 Å². The minimum atomic E-state index is -0.446. The lowest BCUT2D eigenvalue weighted by molar-refractivity contribution is -0.160. The second kappa shape index (κ2) is 7.71. The monoisotopic (exact) mass is 300 g/mol. The molecular weight excluding hydrogens is 280 g/mol. The predicted molar refractivity (Wildman–Crippen MR) is 81.2 cm³/mol. The van der Waals surface area contributed by atoms with Gasteiger partial charge in [0.05, 0.1) is 11.8 Å². The van der Waals surface area contributed by atoms with Crippen molar-refractivity contribution in [3.63, 3.8) is 0 Å². The van der Waals surface area contributed by atoms with Gasteiger partial charge in [-0.2, -0.15) is 0 Å². The van der Waals surface area contributed by atoms with Crippen LogP contribution in [0.15, 0.2) is 12.2 Å². The number of rotatable bonds is 5. The topological polar surface area (TPSA) is 52.6 Å². The molecule has 116 valence electrons. The van der Waals surface area contributed by atoms with Crippen LogP contribution in [0, 0.1) is 47.4 Å². The molecule has 1 saturated carbocycles. The average Bonchev–Trinajstić information content (AvgIpc) is 3.12. The summed E-state index contributed by atoms with van der Waals surface area (Å²) in [6, 6.07) is 0. The van der Waals surface area contributed by atoms with Gasteiger partial charge in [-0.3, -0.25) is 9.59 Å². The van der Waals surface area contributed by atoms with E-state index < -0.39 is 11.8 Å². The average molecular weight is 300 g/mol. The molecule has 0 aromatic heterocycles. The molecule has 2 rings (SSSR count). The SMILES string of the molecule is CC#CCCOC(=O)[C@@H]1[C@H](C(=O)OCC#CC)[C@@H]2C=C[C@H]1C2. The molecule has 0 aromatic rings. The van der Waals surface area contributed by atoms with Gasteiger partial charge in [0.25, 0.3) is 0 Å². The van der Waals surface area contributed by atoms with Gasteiger partial charge in [0.1, 0.15) is 6.61 Å². The Morgan fingerprint density at radius 1 is 1.00 bits per heavy atom. The van der Waals surface area contributed by atoms with E-state index in [9.17, 15) is 9.59 Å². The van der Waals surface area contributed by atoms with Crippen LogP contribution in [0.3, 0.4) is 0 Å². The van der Waals surface area contributed by atoms with Gasteiger partial charge in [-0.1, -0.05) is 18.1 Å². The van der Waals surface area contributed by atoms with Crippen LogP contribution in [0.2, 0.25) is 0 Å². The third kappa shape index (κ3) is 3.52. The molecule has 0 aromatic carbocycles. The zero-order valence-corrected chi connectivity index (χ0v) is 12.9. The van der Waals surface area contributed by atoms with Gasteiger partial charge in [0.15, 0.2) is 6.61 Å². The zero-order chi connectivity index (χ0) is 15.9. The molecule has 4 nitrogen and oxygen atoms in total. The molecule has 22 heavy (non-hydrogen) atoms. The number of hydrogen-bond donors (Lipinski definition) is 0. The molecule has 0 unspecified atom stereocenters. The van der Waals surface area contributed by atoms with Crippen LogP contribution < -0.4 is 0 Å². The molecule has 2 bridgehead atoms. The van der Waals surface area contributed by atoms with E-state index in [0.717, 1.165) is 6.42 Å². The summed E-state index contributed by atoms with van der Waals surface area (Å²) in [5.41, 5.74) is 0. The summed E-state index contributed by atoms with van der Waals surface area (Å²) < 4.78 is 10.4. The lowest BCUT2D eigenvalue weighted by Crippen LogP contribution is -2.35. The van der Waals surface area contributed by atoms with E-state index in [4.69, 9.17) is 9.47 Å². The number of esters is 2. The molecule has 4 heteroatoms. The summed E-state index contributed by atoms with van der Waals surface area (Å²) in [5, 5.41) is 0. The van der Waals surface area contributed by atoms with E-state index in [1.54, 1.807) is 13.8 Å². The zero-order valence-electron chi connectivity index (χ0n) is 12.9. The highest BCUT2D eigenvalue weighted by Gasteiger charge is 2.53. The summed E-state index contributed by atoms with van der Waals surface area (Å²) in [6.45, 7) is 3.77. The van der Waals surface area contributed by atoms with Crippen molar-refractivity contribution in [3.05, 3.63) is 12.2 Å². The maximum Gasteiger partial charge on any atom is 0.311 e. The summed E-state index contributed by atoms with van der Waals surface area (Å²) >= 11 is 0. The molecule has 0 radical (unpaired) electrons. The molecular formula is C18H20O4. The standard InChI is InChI=1S/C18H20O4/c1-3-5-7-11-22-18(20)16-14-9-8-13(12-14)15(16)17(19)21-10-6-4-2/h8-9,13-16H,7,10-12H2,1-2H3/t13-,14+,15-,16+/m1/s1. The minimum absolute atomic E-state index is 0.0695. The molecule has 2 aliphatic rings. The molecule has 1 fully saturated rings. The first-order valence-corrected chi connectivity index (χ1v) is 7.49. The van der Waals surface area contributed by atoms with Gasteiger partial charge in [-0.15, -0.1) is 17.8 Å². The second-order valence-electron chi connectivity index (χ2n) is 5.38. The normalized spacial score (nSPS) is 27.4. The first-order valence-electron chi connectivity index (χ1n) is 7.49. The van der Waals surface area contributed by atoms with Crippen molar-refractivity contribution >= 4 is 11.9 Å². The van der Waals surface area contributed by atoms with Crippen LogP contribution in [0.25, 0.3) is 0 Å². The van der Waals surface area contributed by atoms with E-state index in [-0.39, 0.29) is 37.0 Å². The molecule has 0 amide bonds. The Labute approximate surface area is 131 Å². The van der Waals surface area contributed by atoms with Crippen LogP contribution in [-0.4, -0.2) is 25.2 Å². The van der Waals surface area contributed by atoms with E-state index in [1.165, 1.54) is 0 Å². The number of carbonyl (C=O) groups excluding carboxylic acids is 2. The Hall–Kier alpha value is -2.20. The van der Waals surface area contributed by atoms with E-state index >= 15 is 0 Å². The van der Waals surface area contributed by atoms with Crippen molar-refractivity contribution in [1.82, 2.24) is 0 Å². The molecule has 2 aliphatic carbocycles. The second-order valence-corrected chi connectivity index (χ2v) is 5.38. The third-order valence-electron chi connectivity index (χ3n) is 4.12. The Balaban J connectivity index is 1.98. The van der Waals surface area contributed by atoms with Crippen LogP contribution >= 0.6 is 0 Å². The number of ether oxygens (including phenoxy) is 2. The van der Waals surface area contributed by atoms with Crippen LogP contribution in [0.4, 0.5) is 0 Å². The summed E-state index contributed by atoms with van der Waals surface area (Å²) in [6.07, 6.45) is 5.35. The molecule has 0 saturated heterocycles. The highest BCUT2D eigenvalue weighted by molar-refractivity contribution is 5.84. The maximum absolute atomic E-state index is 12.3. The Bertz CT molecular complexity index is 582. The fraction of sp³-hybridized carbons (Fsp3) is 0.556. The van der Waals surface area contributed by atoms with Gasteiger partial charge in [0.2, 0.25) is 0 Å². The van der Waals surface area contributed by atoms with Crippen molar-refractivity contribution < 1.29 is 19.1 Å². The van der Waals surface area contributed by atoms with Gasteiger partial charge in [-0.25, -0.2) is 0 Å². The van der Waals surface area contributed by atoms with Crippen LogP contribution in [0.5, 0.6) is 0 Å². The molecule has 4 atom stereocenters. The predicted octanol–water partition coefficient (Wildman–Crippen LogP) is 1.95.